The van der Waals surface area contributed by atoms with Gasteiger partial charge >= 0.3 is 6.18 Å². The Morgan fingerprint density at radius 2 is 1.83 bits per heavy atom. The van der Waals surface area contributed by atoms with Crippen molar-refractivity contribution in [1.82, 2.24) is 25.3 Å². The normalized spacial score (nSPS) is 11.3. The first-order valence-corrected chi connectivity index (χ1v) is 8.82. The molecule has 6 nitrogen and oxygen atoms in total. The fraction of sp³-hybridized carbons (Fsp3) is 0.250. The number of amides is 1. The second-order valence-corrected chi connectivity index (χ2v) is 6.39. The minimum absolute atomic E-state index is 0.0292. The Balaban J connectivity index is 1.67. The lowest BCUT2D eigenvalue weighted by Crippen LogP contribution is -2.26. The van der Waals surface area contributed by atoms with Gasteiger partial charge in [0.25, 0.3) is 5.91 Å². The molecule has 2 aromatic heterocycles. The van der Waals surface area contributed by atoms with Crippen LogP contribution in [0.1, 0.15) is 33.3 Å². The standard InChI is InChI=1S/C20H18F3N5O/c1-12-10-16(20(21,22)23)28-17(27-12)6-7-26-19(29)15-5-3-4-14(11-15)18-13(2)24-8-9-25-18/h3-5,8-11H,6-7H2,1-2H3,(H,26,29). The van der Waals surface area contributed by atoms with Crippen LogP contribution in [0.5, 0.6) is 0 Å². The molecule has 29 heavy (non-hydrogen) atoms. The molecule has 150 valence electrons. The summed E-state index contributed by atoms with van der Waals surface area (Å²) in [7, 11) is 0. The van der Waals surface area contributed by atoms with Crippen molar-refractivity contribution in [1.29, 1.82) is 0 Å². The van der Waals surface area contributed by atoms with Crippen molar-refractivity contribution in [3.8, 4) is 11.3 Å². The van der Waals surface area contributed by atoms with Crippen molar-refractivity contribution in [2.75, 3.05) is 6.54 Å². The van der Waals surface area contributed by atoms with Crippen LogP contribution in [0.2, 0.25) is 0 Å². The van der Waals surface area contributed by atoms with Gasteiger partial charge in [-0.25, -0.2) is 9.97 Å². The quantitative estimate of drug-likeness (QED) is 0.707. The summed E-state index contributed by atoms with van der Waals surface area (Å²) >= 11 is 0. The lowest BCUT2D eigenvalue weighted by molar-refractivity contribution is -0.141. The van der Waals surface area contributed by atoms with Gasteiger partial charge in [0, 0.05) is 42.2 Å². The van der Waals surface area contributed by atoms with Gasteiger partial charge in [0.2, 0.25) is 0 Å². The molecular formula is C20H18F3N5O. The van der Waals surface area contributed by atoms with Crippen LogP contribution in [0.15, 0.2) is 42.7 Å². The second-order valence-electron chi connectivity index (χ2n) is 6.39. The van der Waals surface area contributed by atoms with Gasteiger partial charge in [-0.1, -0.05) is 12.1 Å². The number of nitrogens with zero attached hydrogens (tertiary/aromatic N) is 4. The van der Waals surface area contributed by atoms with E-state index in [0.717, 1.165) is 17.3 Å². The molecule has 0 fully saturated rings. The van der Waals surface area contributed by atoms with Gasteiger partial charge in [0.1, 0.15) is 11.5 Å². The van der Waals surface area contributed by atoms with Crippen LogP contribution >= 0.6 is 0 Å². The van der Waals surface area contributed by atoms with E-state index in [1.165, 1.54) is 6.92 Å². The highest BCUT2D eigenvalue weighted by Gasteiger charge is 2.33. The molecule has 0 radical (unpaired) electrons. The summed E-state index contributed by atoms with van der Waals surface area (Å²) in [5.41, 5.74) is 1.81. The average Bonchev–Trinajstić information content (AvgIpc) is 2.67. The molecule has 0 bridgehead atoms. The summed E-state index contributed by atoms with van der Waals surface area (Å²) in [6, 6.07) is 7.79. The molecule has 9 heteroatoms. The third-order valence-corrected chi connectivity index (χ3v) is 4.10. The van der Waals surface area contributed by atoms with Crippen molar-refractivity contribution in [2.45, 2.75) is 26.4 Å². The van der Waals surface area contributed by atoms with Gasteiger partial charge in [-0.2, -0.15) is 13.2 Å². The predicted octanol–water partition coefficient (Wildman–Crippen LogP) is 3.54. The van der Waals surface area contributed by atoms with Crippen LogP contribution in [0.3, 0.4) is 0 Å². The number of benzene rings is 1. The number of carbonyl (C=O) groups is 1. The molecule has 1 aromatic carbocycles. The predicted molar refractivity (Wildman–Crippen MR) is 100 cm³/mol. The topological polar surface area (TPSA) is 80.7 Å². The minimum Gasteiger partial charge on any atom is -0.352 e. The first-order valence-electron chi connectivity index (χ1n) is 8.82. The van der Waals surface area contributed by atoms with Gasteiger partial charge in [-0.15, -0.1) is 0 Å². The number of carbonyl (C=O) groups excluding carboxylic acids is 1. The first kappa shape index (κ1) is 20.4. The highest BCUT2D eigenvalue weighted by Crippen LogP contribution is 2.27. The number of alkyl halides is 3. The number of hydrogen-bond donors (Lipinski definition) is 1. The number of nitrogens with one attached hydrogen (secondary N) is 1. The van der Waals surface area contributed by atoms with Gasteiger partial charge < -0.3 is 5.32 Å². The van der Waals surface area contributed by atoms with Crippen LogP contribution in [-0.2, 0) is 12.6 Å². The molecule has 0 aliphatic heterocycles. The minimum atomic E-state index is -4.54. The summed E-state index contributed by atoms with van der Waals surface area (Å²) in [6.07, 6.45) is -1.29. The number of hydrogen-bond acceptors (Lipinski definition) is 5. The average molecular weight is 401 g/mol. The van der Waals surface area contributed by atoms with E-state index >= 15 is 0 Å². The summed E-state index contributed by atoms with van der Waals surface area (Å²) in [5.74, 6) is -0.321. The summed E-state index contributed by atoms with van der Waals surface area (Å²) in [5, 5.41) is 2.68. The van der Waals surface area contributed by atoms with Crippen molar-refractivity contribution >= 4 is 5.91 Å². The van der Waals surface area contributed by atoms with E-state index in [9.17, 15) is 18.0 Å². The molecule has 3 aromatic rings. The SMILES string of the molecule is Cc1cc(C(F)(F)F)nc(CCNC(=O)c2cccc(-c3nccnc3C)c2)n1. The number of aryl methyl sites for hydroxylation is 2. The Morgan fingerprint density at radius 1 is 1.07 bits per heavy atom. The van der Waals surface area contributed by atoms with Crippen molar-refractivity contribution in [3.63, 3.8) is 0 Å². The monoisotopic (exact) mass is 401 g/mol. The molecule has 0 saturated heterocycles. The molecule has 2 heterocycles. The van der Waals surface area contributed by atoms with E-state index in [1.54, 1.807) is 30.6 Å². The number of rotatable bonds is 5. The highest BCUT2D eigenvalue weighted by atomic mass is 19.4. The van der Waals surface area contributed by atoms with E-state index in [1.807, 2.05) is 13.0 Å². The Morgan fingerprint density at radius 3 is 2.55 bits per heavy atom. The molecule has 0 atom stereocenters. The zero-order valence-electron chi connectivity index (χ0n) is 15.8. The smallest absolute Gasteiger partial charge is 0.352 e. The fourth-order valence-corrected chi connectivity index (χ4v) is 2.78. The van der Waals surface area contributed by atoms with Crippen LogP contribution in [-0.4, -0.2) is 32.4 Å². The number of halogens is 3. The van der Waals surface area contributed by atoms with E-state index in [4.69, 9.17) is 0 Å². The third-order valence-electron chi connectivity index (χ3n) is 4.10. The Hall–Kier alpha value is -3.36. The van der Waals surface area contributed by atoms with Crippen LogP contribution in [0.25, 0.3) is 11.3 Å². The first-order chi connectivity index (χ1) is 13.7. The van der Waals surface area contributed by atoms with E-state index in [-0.39, 0.29) is 30.4 Å². The molecule has 0 saturated carbocycles. The summed E-state index contributed by atoms with van der Waals surface area (Å²) in [6.45, 7) is 3.40. The Bertz CT molecular complexity index is 1040. The molecule has 3 rings (SSSR count). The maximum Gasteiger partial charge on any atom is 0.433 e. The maximum atomic E-state index is 12.9. The Labute approximate surface area is 165 Å². The molecule has 1 N–H and O–H groups in total. The van der Waals surface area contributed by atoms with Gasteiger partial charge in [-0.05, 0) is 32.0 Å². The van der Waals surface area contributed by atoms with Crippen molar-refractivity contribution in [2.24, 2.45) is 0 Å². The summed E-state index contributed by atoms with van der Waals surface area (Å²) in [4.78, 5) is 28.4. The lowest BCUT2D eigenvalue weighted by Gasteiger charge is -2.10. The molecule has 0 aliphatic carbocycles. The van der Waals surface area contributed by atoms with E-state index in [2.05, 4.69) is 25.3 Å². The maximum absolute atomic E-state index is 12.9. The number of aromatic nitrogens is 4. The fourth-order valence-electron chi connectivity index (χ4n) is 2.78. The molecule has 0 aliphatic rings. The molecule has 0 spiro atoms. The largest absolute Gasteiger partial charge is 0.433 e. The zero-order valence-corrected chi connectivity index (χ0v) is 15.8. The molecule has 1 amide bonds. The van der Waals surface area contributed by atoms with Crippen LogP contribution < -0.4 is 5.32 Å². The molecule has 0 unspecified atom stereocenters. The molecular weight excluding hydrogens is 383 g/mol. The van der Waals surface area contributed by atoms with Crippen molar-refractivity contribution < 1.29 is 18.0 Å². The van der Waals surface area contributed by atoms with Crippen molar-refractivity contribution in [3.05, 3.63) is 71.2 Å². The van der Waals surface area contributed by atoms with Crippen LogP contribution in [0, 0.1) is 13.8 Å². The second kappa shape index (κ2) is 8.34. The zero-order chi connectivity index (χ0) is 21.0. The third kappa shape index (κ3) is 5.13. The van der Waals surface area contributed by atoms with Gasteiger partial charge in [0.15, 0.2) is 0 Å². The van der Waals surface area contributed by atoms with E-state index < -0.39 is 11.9 Å². The van der Waals surface area contributed by atoms with Gasteiger partial charge in [0.05, 0.1) is 11.4 Å². The highest BCUT2D eigenvalue weighted by molar-refractivity contribution is 5.95. The van der Waals surface area contributed by atoms with E-state index in [0.29, 0.717) is 11.3 Å². The van der Waals surface area contributed by atoms with Gasteiger partial charge in [-0.3, -0.25) is 14.8 Å². The lowest BCUT2D eigenvalue weighted by atomic mass is 10.1. The summed E-state index contributed by atoms with van der Waals surface area (Å²) < 4.78 is 38.6. The van der Waals surface area contributed by atoms with Crippen LogP contribution in [0.4, 0.5) is 13.2 Å². The Kier molecular flexibility index (Phi) is 5.86.